The first-order chi connectivity index (χ1) is 5.39. The minimum absolute atomic E-state index is 0.296. The van der Waals surface area contributed by atoms with Crippen LogP contribution in [0.4, 0.5) is 13.2 Å². The Hall–Kier alpha value is -0.990. The first kappa shape index (κ1) is 4.77. The average molecular weight is 148 g/mol. The SMILES string of the molecule is [2H]c1cc([2H])cc(C(F)(F)F)c1. The molecule has 0 nitrogen and oxygen atoms in total. The van der Waals surface area contributed by atoms with Gasteiger partial charge in [-0.15, -0.1) is 0 Å². The maximum atomic E-state index is 12.0. The quantitative estimate of drug-likeness (QED) is 0.530. The summed E-state index contributed by atoms with van der Waals surface area (Å²) in [6.07, 6.45) is -4.47. The van der Waals surface area contributed by atoms with Crippen molar-refractivity contribution >= 4 is 0 Å². The molecule has 0 saturated heterocycles. The van der Waals surface area contributed by atoms with E-state index in [1.807, 2.05) is 0 Å². The molecule has 1 aromatic carbocycles. The maximum absolute atomic E-state index is 12.0. The van der Waals surface area contributed by atoms with Crippen molar-refractivity contribution in [3.05, 3.63) is 35.8 Å². The normalized spacial score (nSPS) is 14.3. The lowest BCUT2D eigenvalue weighted by Crippen LogP contribution is -2.03. The zero-order valence-electron chi connectivity index (χ0n) is 6.87. The summed E-state index contributed by atoms with van der Waals surface area (Å²) in [7, 11) is 0. The Morgan fingerprint density at radius 3 is 2.10 bits per heavy atom. The van der Waals surface area contributed by atoms with Gasteiger partial charge in [0.1, 0.15) is 0 Å². The van der Waals surface area contributed by atoms with Crippen LogP contribution in [0.1, 0.15) is 8.30 Å². The third-order valence-corrected chi connectivity index (χ3v) is 0.972. The van der Waals surface area contributed by atoms with Crippen molar-refractivity contribution in [1.29, 1.82) is 0 Å². The van der Waals surface area contributed by atoms with Gasteiger partial charge >= 0.3 is 6.18 Å². The van der Waals surface area contributed by atoms with Gasteiger partial charge in [-0.05, 0) is 0 Å². The van der Waals surface area contributed by atoms with Crippen LogP contribution in [-0.4, -0.2) is 0 Å². The molecule has 0 aromatic heterocycles. The lowest BCUT2D eigenvalue weighted by Gasteiger charge is -2.03. The third-order valence-electron chi connectivity index (χ3n) is 0.972. The predicted molar refractivity (Wildman–Crippen MR) is 31.4 cm³/mol. The van der Waals surface area contributed by atoms with Crippen molar-refractivity contribution in [1.82, 2.24) is 0 Å². The molecule has 10 heavy (non-hydrogen) atoms. The minimum Gasteiger partial charge on any atom is -0.166 e. The van der Waals surface area contributed by atoms with Crippen molar-refractivity contribution in [2.24, 2.45) is 0 Å². The van der Waals surface area contributed by atoms with Crippen molar-refractivity contribution in [3.63, 3.8) is 0 Å². The Bertz CT molecular complexity index is 273. The fraction of sp³-hybridized carbons (Fsp3) is 0.143. The zero-order chi connectivity index (χ0) is 9.35. The summed E-state index contributed by atoms with van der Waals surface area (Å²) in [4.78, 5) is 0. The van der Waals surface area contributed by atoms with Crippen LogP contribution < -0.4 is 0 Å². The number of halogens is 3. The highest BCUT2D eigenvalue weighted by molar-refractivity contribution is 5.17. The van der Waals surface area contributed by atoms with E-state index in [0.717, 1.165) is 6.07 Å². The highest BCUT2D eigenvalue weighted by Crippen LogP contribution is 2.28. The Labute approximate surface area is 59.1 Å². The van der Waals surface area contributed by atoms with Crippen molar-refractivity contribution in [2.75, 3.05) is 0 Å². The third kappa shape index (κ3) is 1.50. The molecule has 0 amide bonds. The monoisotopic (exact) mass is 148 g/mol. The molecule has 0 aliphatic carbocycles. The Morgan fingerprint density at radius 1 is 1.20 bits per heavy atom. The smallest absolute Gasteiger partial charge is 0.166 e. The van der Waals surface area contributed by atoms with Crippen LogP contribution in [0.2, 0.25) is 0 Å². The lowest BCUT2D eigenvalue weighted by molar-refractivity contribution is -0.137. The summed E-state index contributed by atoms with van der Waals surface area (Å²) < 4.78 is 49.8. The van der Waals surface area contributed by atoms with Gasteiger partial charge in [-0.1, -0.05) is 30.3 Å². The van der Waals surface area contributed by atoms with Crippen LogP contribution in [0.3, 0.4) is 0 Å². The molecule has 0 bridgehead atoms. The van der Waals surface area contributed by atoms with Crippen LogP contribution in [0.15, 0.2) is 30.3 Å². The molecule has 0 fully saturated rings. The first-order valence-electron chi connectivity index (χ1n) is 3.55. The van der Waals surface area contributed by atoms with E-state index in [-0.39, 0.29) is 12.1 Å². The van der Waals surface area contributed by atoms with Gasteiger partial charge in [0.2, 0.25) is 0 Å². The van der Waals surface area contributed by atoms with E-state index in [2.05, 4.69) is 0 Å². The molecule has 0 aliphatic rings. The van der Waals surface area contributed by atoms with Crippen molar-refractivity contribution in [3.8, 4) is 0 Å². The fourth-order valence-corrected chi connectivity index (χ4v) is 0.516. The van der Waals surface area contributed by atoms with Gasteiger partial charge in [-0.3, -0.25) is 0 Å². The van der Waals surface area contributed by atoms with Gasteiger partial charge in [0.25, 0.3) is 0 Å². The molecule has 0 atom stereocenters. The van der Waals surface area contributed by atoms with E-state index >= 15 is 0 Å². The van der Waals surface area contributed by atoms with E-state index in [9.17, 15) is 13.2 Å². The molecule has 0 N–H and O–H groups in total. The summed E-state index contributed by atoms with van der Waals surface area (Å²) in [5.41, 5.74) is -0.944. The van der Waals surface area contributed by atoms with E-state index in [4.69, 9.17) is 2.74 Å². The van der Waals surface area contributed by atoms with E-state index < -0.39 is 11.7 Å². The van der Waals surface area contributed by atoms with Gasteiger partial charge in [-0.25, -0.2) is 0 Å². The molecular formula is C7H5F3. The van der Waals surface area contributed by atoms with Gasteiger partial charge in [0.15, 0.2) is 0 Å². The van der Waals surface area contributed by atoms with Gasteiger partial charge in [0.05, 0.1) is 8.30 Å². The molecule has 1 rings (SSSR count). The van der Waals surface area contributed by atoms with Crippen molar-refractivity contribution < 1.29 is 15.9 Å². The van der Waals surface area contributed by atoms with Crippen molar-refractivity contribution in [2.45, 2.75) is 6.18 Å². The van der Waals surface area contributed by atoms with E-state index in [0.29, 0.717) is 12.1 Å². The Balaban J connectivity index is 3.18. The molecule has 1 aromatic rings. The zero-order valence-corrected chi connectivity index (χ0v) is 4.87. The highest BCUT2D eigenvalue weighted by atomic mass is 19.4. The second-order valence-electron chi connectivity index (χ2n) is 1.72. The first-order valence-corrected chi connectivity index (χ1v) is 2.55. The molecule has 54 valence electrons. The van der Waals surface area contributed by atoms with E-state index in [1.54, 1.807) is 0 Å². The molecular weight excluding hydrogens is 141 g/mol. The molecule has 0 radical (unpaired) electrons. The second-order valence-corrected chi connectivity index (χ2v) is 1.72. The summed E-state index contributed by atoms with van der Waals surface area (Å²) in [6, 6.07) is 1.84. The standard InChI is InChI=1S/C7H5F3/c8-7(9,10)6-4-2-1-3-5-6/h1-5H/i2D,3D. The number of hydrogen-bond acceptors (Lipinski definition) is 0. The Kier molecular flexibility index (Phi) is 1.11. The molecule has 0 aliphatic heterocycles. The van der Waals surface area contributed by atoms with Gasteiger partial charge < -0.3 is 0 Å². The average Bonchev–Trinajstić information content (AvgIpc) is 1.82. The lowest BCUT2D eigenvalue weighted by atomic mass is 10.2. The van der Waals surface area contributed by atoms with Gasteiger partial charge in [0, 0.05) is 0 Å². The largest absolute Gasteiger partial charge is 0.416 e. The number of benzene rings is 1. The number of hydrogen-bond donors (Lipinski definition) is 0. The van der Waals surface area contributed by atoms with Crippen LogP contribution >= 0.6 is 0 Å². The fourth-order valence-electron chi connectivity index (χ4n) is 0.516. The second kappa shape index (κ2) is 2.33. The van der Waals surface area contributed by atoms with Gasteiger partial charge in [-0.2, -0.15) is 13.2 Å². The minimum atomic E-state index is -4.47. The van der Waals surface area contributed by atoms with Crippen LogP contribution in [0, 0.1) is 0 Å². The predicted octanol–water partition coefficient (Wildman–Crippen LogP) is 2.71. The van der Waals surface area contributed by atoms with E-state index in [1.165, 1.54) is 0 Å². The van der Waals surface area contributed by atoms with Crippen LogP contribution in [0.25, 0.3) is 0 Å². The number of alkyl halides is 3. The maximum Gasteiger partial charge on any atom is 0.416 e. The topological polar surface area (TPSA) is 0 Å². The molecule has 0 heterocycles. The summed E-state index contributed by atoms with van der Waals surface area (Å²) >= 11 is 0. The Morgan fingerprint density at radius 2 is 1.70 bits per heavy atom. The molecule has 3 heteroatoms. The molecule has 0 unspecified atom stereocenters. The molecule has 0 saturated carbocycles. The summed E-state index contributed by atoms with van der Waals surface area (Å²) in [5.74, 6) is 0. The molecule has 0 spiro atoms. The van der Waals surface area contributed by atoms with Crippen LogP contribution in [-0.2, 0) is 6.18 Å². The highest BCUT2D eigenvalue weighted by Gasteiger charge is 2.29. The summed E-state index contributed by atoms with van der Waals surface area (Å²) in [5, 5.41) is 0. The number of rotatable bonds is 0. The summed E-state index contributed by atoms with van der Waals surface area (Å²) in [6.45, 7) is 0. The van der Waals surface area contributed by atoms with Crippen LogP contribution in [0.5, 0.6) is 0 Å².